The topological polar surface area (TPSA) is 105 Å². The number of aliphatic carboxylic acids is 1. The van der Waals surface area contributed by atoms with Crippen LogP contribution in [-0.4, -0.2) is 42.3 Å². The summed E-state index contributed by atoms with van der Waals surface area (Å²) < 4.78 is 5.63. The van der Waals surface area contributed by atoms with Gasteiger partial charge in [-0.25, -0.2) is 4.79 Å². The number of hydrogen-bond donors (Lipinski definition) is 3. The van der Waals surface area contributed by atoms with Crippen LogP contribution in [0.4, 0.5) is 4.79 Å². The fourth-order valence-electron chi connectivity index (χ4n) is 5.42. The van der Waals surface area contributed by atoms with Crippen LogP contribution in [0.1, 0.15) is 56.6 Å². The highest BCUT2D eigenvalue weighted by Crippen LogP contribution is 2.44. The van der Waals surface area contributed by atoms with Crippen LogP contribution in [0.3, 0.4) is 0 Å². The first-order valence-corrected chi connectivity index (χ1v) is 12.5. The van der Waals surface area contributed by atoms with Crippen LogP contribution in [0.5, 0.6) is 0 Å². The van der Waals surface area contributed by atoms with Crippen LogP contribution in [0.25, 0.3) is 11.1 Å². The normalized spacial score (nSPS) is 20.4. The second kappa shape index (κ2) is 10.9. The first kappa shape index (κ1) is 24.8. The molecule has 4 rings (SSSR count). The van der Waals surface area contributed by atoms with Gasteiger partial charge in [-0.3, -0.25) is 9.59 Å². The summed E-state index contributed by atoms with van der Waals surface area (Å²) in [7, 11) is 0. The molecule has 0 aliphatic heterocycles. The maximum Gasteiger partial charge on any atom is 0.407 e. The highest BCUT2D eigenvalue weighted by atomic mass is 16.5. The van der Waals surface area contributed by atoms with Crippen LogP contribution < -0.4 is 10.6 Å². The number of carboxylic acid groups (broad SMARTS) is 1. The SMILES string of the molecule is CC[C@H](C)[C@H](NC(=O)OCC1c2ccccc2-c2ccccc21)C(=O)NCC1CCCC1C(=O)O. The Morgan fingerprint density at radius 3 is 2.26 bits per heavy atom. The van der Waals surface area contributed by atoms with Crippen LogP contribution in [0.2, 0.25) is 0 Å². The van der Waals surface area contributed by atoms with E-state index in [1.165, 1.54) is 0 Å². The lowest BCUT2D eigenvalue weighted by Gasteiger charge is -2.25. The third-order valence-electron chi connectivity index (χ3n) is 7.63. The van der Waals surface area contributed by atoms with Gasteiger partial charge in [-0.1, -0.05) is 75.2 Å². The van der Waals surface area contributed by atoms with Crippen molar-refractivity contribution in [1.29, 1.82) is 0 Å². The first-order valence-electron chi connectivity index (χ1n) is 12.5. The van der Waals surface area contributed by atoms with E-state index in [0.29, 0.717) is 19.4 Å². The van der Waals surface area contributed by atoms with Gasteiger partial charge in [0.05, 0.1) is 5.92 Å². The monoisotopic (exact) mass is 478 g/mol. The lowest BCUT2D eigenvalue weighted by molar-refractivity contribution is -0.143. The third kappa shape index (κ3) is 5.34. The fourth-order valence-corrected chi connectivity index (χ4v) is 5.42. The zero-order valence-corrected chi connectivity index (χ0v) is 20.3. The molecule has 7 nitrogen and oxygen atoms in total. The molecule has 35 heavy (non-hydrogen) atoms. The maximum absolute atomic E-state index is 13.0. The predicted octanol–water partition coefficient (Wildman–Crippen LogP) is 4.56. The van der Waals surface area contributed by atoms with Crippen molar-refractivity contribution in [2.75, 3.05) is 13.2 Å². The van der Waals surface area contributed by atoms with Crippen LogP contribution in [0.15, 0.2) is 48.5 Å². The second-order valence-electron chi connectivity index (χ2n) is 9.71. The Labute approximate surface area is 206 Å². The van der Waals surface area contributed by atoms with E-state index >= 15 is 0 Å². The Morgan fingerprint density at radius 1 is 1.03 bits per heavy atom. The molecule has 0 saturated heterocycles. The fraction of sp³-hybridized carbons (Fsp3) is 0.464. The molecule has 2 unspecified atom stereocenters. The quantitative estimate of drug-likeness (QED) is 0.490. The Balaban J connectivity index is 1.37. The van der Waals surface area contributed by atoms with Crippen molar-refractivity contribution in [3.63, 3.8) is 0 Å². The molecule has 2 aromatic carbocycles. The summed E-state index contributed by atoms with van der Waals surface area (Å²) in [4.78, 5) is 37.2. The van der Waals surface area contributed by atoms with Gasteiger partial charge in [0.15, 0.2) is 0 Å². The summed E-state index contributed by atoms with van der Waals surface area (Å²) >= 11 is 0. The molecule has 2 aliphatic rings. The average molecular weight is 479 g/mol. The van der Waals surface area contributed by atoms with E-state index in [2.05, 4.69) is 34.9 Å². The molecule has 0 bridgehead atoms. The lowest BCUT2D eigenvalue weighted by atomic mass is 9.95. The molecule has 4 atom stereocenters. The summed E-state index contributed by atoms with van der Waals surface area (Å²) in [6.45, 7) is 4.34. The molecule has 7 heteroatoms. The summed E-state index contributed by atoms with van der Waals surface area (Å²) in [5.41, 5.74) is 4.56. The van der Waals surface area contributed by atoms with E-state index in [0.717, 1.165) is 35.1 Å². The number of carboxylic acids is 1. The van der Waals surface area contributed by atoms with E-state index in [-0.39, 0.29) is 30.3 Å². The average Bonchev–Trinajstić information content (AvgIpc) is 3.47. The number of nitrogens with one attached hydrogen (secondary N) is 2. The molecule has 0 radical (unpaired) electrons. The Morgan fingerprint density at radius 2 is 1.66 bits per heavy atom. The molecular formula is C28H34N2O5. The molecule has 186 valence electrons. The van der Waals surface area contributed by atoms with Gasteiger partial charge in [0.2, 0.25) is 5.91 Å². The van der Waals surface area contributed by atoms with Crippen LogP contribution >= 0.6 is 0 Å². The molecule has 1 saturated carbocycles. The van der Waals surface area contributed by atoms with Crippen molar-refractivity contribution >= 4 is 18.0 Å². The van der Waals surface area contributed by atoms with Gasteiger partial charge in [-0.05, 0) is 46.9 Å². The highest BCUT2D eigenvalue weighted by Gasteiger charge is 2.35. The molecule has 1 fully saturated rings. The van der Waals surface area contributed by atoms with Gasteiger partial charge in [-0.2, -0.15) is 0 Å². The highest BCUT2D eigenvalue weighted by molar-refractivity contribution is 5.86. The molecule has 3 N–H and O–H groups in total. The van der Waals surface area contributed by atoms with Gasteiger partial charge in [-0.15, -0.1) is 0 Å². The van der Waals surface area contributed by atoms with E-state index < -0.39 is 24.0 Å². The van der Waals surface area contributed by atoms with Gasteiger partial charge >= 0.3 is 12.1 Å². The number of carbonyl (C=O) groups excluding carboxylic acids is 2. The minimum atomic E-state index is -0.808. The zero-order chi connectivity index (χ0) is 24.9. The number of ether oxygens (including phenoxy) is 1. The minimum Gasteiger partial charge on any atom is -0.481 e. The molecule has 0 spiro atoms. The summed E-state index contributed by atoms with van der Waals surface area (Å²) in [5.74, 6) is -1.77. The minimum absolute atomic E-state index is 0.0562. The second-order valence-corrected chi connectivity index (χ2v) is 9.71. The van der Waals surface area contributed by atoms with Crippen molar-refractivity contribution in [1.82, 2.24) is 10.6 Å². The van der Waals surface area contributed by atoms with Gasteiger partial charge in [0.1, 0.15) is 12.6 Å². The van der Waals surface area contributed by atoms with E-state index in [1.807, 2.05) is 38.1 Å². The molecular weight excluding hydrogens is 444 g/mol. The molecule has 0 heterocycles. The molecule has 2 aliphatic carbocycles. The summed E-state index contributed by atoms with van der Waals surface area (Å²) in [6.07, 6.45) is 2.34. The van der Waals surface area contributed by atoms with Crippen molar-refractivity contribution in [2.45, 2.75) is 51.5 Å². The number of fused-ring (bicyclic) bond motifs is 3. The predicted molar refractivity (Wildman–Crippen MR) is 133 cm³/mol. The van der Waals surface area contributed by atoms with Crippen molar-refractivity contribution < 1.29 is 24.2 Å². The molecule has 2 amide bonds. The molecule has 2 aromatic rings. The number of benzene rings is 2. The van der Waals surface area contributed by atoms with Gasteiger partial charge in [0.25, 0.3) is 0 Å². The number of carbonyl (C=O) groups is 3. The van der Waals surface area contributed by atoms with E-state index in [4.69, 9.17) is 4.74 Å². The van der Waals surface area contributed by atoms with Crippen molar-refractivity contribution in [2.24, 2.45) is 17.8 Å². The van der Waals surface area contributed by atoms with Crippen LogP contribution in [-0.2, 0) is 14.3 Å². The Kier molecular flexibility index (Phi) is 7.73. The number of amides is 2. The first-order chi connectivity index (χ1) is 16.9. The summed E-state index contributed by atoms with van der Waals surface area (Å²) in [5, 5.41) is 15.0. The lowest BCUT2D eigenvalue weighted by Crippen LogP contribution is -2.51. The molecule has 0 aromatic heterocycles. The Bertz CT molecular complexity index is 1040. The van der Waals surface area contributed by atoms with E-state index in [1.54, 1.807) is 0 Å². The van der Waals surface area contributed by atoms with Gasteiger partial charge in [0, 0.05) is 12.5 Å². The van der Waals surface area contributed by atoms with Crippen LogP contribution in [0, 0.1) is 17.8 Å². The number of alkyl carbamates (subject to hydrolysis) is 1. The number of rotatable bonds is 9. The van der Waals surface area contributed by atoms with Crippen molar-refractivity contribution in [3.05, 3.63) is 59.7 Å². The van der Waals surface area contributed by atoms with Gasteiger partial charge < -0.3 is 20.5 Å². The largest absolute Gasteiger partial charge is 0.481 e. The maximum atomic E-state index is 13.0. The summed E-state index contributed by atoms with van der Waals surface area (Å²) in [6, 6.07) is 15.5. The third-order valence-corrected chi connectivity index (χ3v) is 7.63. The standard InChI is InChI=1S/C28H34N2O5/c1-3-17(2)25(26(31)29-15-18-9-8-14-19(18)27(32)33)30-28(34)35-16-24-22-12-6-4-10-20(22)21-11-5-7-13-23(21)24/h4-7,10-13,17-19,24-25H,3,8-9,14-16H2,1-2H3,(H,29,31)(H,30,34)(H,32,33)/t17-,18?,19?,25-/m0/s1. The number of hydrogen-bond acceptors (Lipinski definition) is 4. The van der Waals surface area contributed by atoms with E-state index in [9.17, 15) is 19.5 Å². The Hall–Kier alpha value is -3.35. The smallest absolute Gasteiger partial charge is 0.407 e. The zero-order valence-electron chi connectivity index (χ0n) is 20.3. The van der Waals surface area contributed by atoms with Crippen molar-refractivity contribution in [3.8, 4) is 11.1 Å².